The highest BCUT2D eigenvalue weighted by Crippen LogP contribution is 2.08. The molecule has 0 fully saturated rings. The summed E-state index contributed by atoms with van der Waals surface area (Å²) in [5.41, 5.74) is 0.531. The second-order valence-electron chi connectivity index (χ2n) is 4.62. The van der Waals surface area contributed by atoms with Crippen LogP contribution in [0.1, 0.15) is 12.5 Å². The third-order valence-electron chi connectivity index (χ3n) is 3.02. The molecule has 2 amide bonds. The van der Waals surface area contributed by atoms with Gasteiger partial charge in [0.2, 0.25) is 11.8 Å². The highest BCUT2D eigenvalue weighted by atomic mass is 19.1. The summed E-state index contributed by atoms with van der Waals surface area (Å²) >= 11 is 0. The number of ether oxygens (including phenoxy) is 1. The van der Waals surface area contributed by atoms with E-state index in [4.69, 9.17) is 4.74 Å². The Labute approximate surface area is 124 Å². The second-order valence-corrected chi connectivity index (χ2v) is 4.62. The number of amides is 2. The van der Waals surface area contributed by atoms with Crippen LogP contribution in [0.25, 0.3) is 0 Å². The van der Waals surface area contributed by atoms with Gasteiger partial charge in [-0.2, -0.15) is 0 Å². The van der Waals surface area contributed by atoms with E-state index in [1.807, 2.05) is 0 Å². The van der Waals surface area contributed by atoms with Crippen molar-refractivity contribution in [2.75, 3.05) is 33.4 Å². The second kappa shape index (κ2) is 9.07. The fraction of sp³-hybridized carbons (Fsp3) is 0.467. The van der Waals surface area contributed by atoms with Gasteiger partial charge in [0.1, 0.15) is 5.82 Å². The predicted molar refractivity (Wildman–Crippen MR) is 77.2 cm³/mol. The van der Waals surface area contributed by atoms with Gasteiger partial charge < -0.3 is 15.0 Å². The molecule has 0 atom stereocenters. The lowest BCUT2D eigenvalue weighted by Gasteiger charge is -2.20. The van der Waals surface area contributed by atoms with Crippen LogP contribution in [0.15, 0.2) is 24.3 Å². The van der Waals surface area contributed by atoms with Crippen molar-refractivity contribution in [2.45, 2.75) is 13.3 Å². The zero-order valence-corrected chi connectivity index (χ0v) is 12.4. The average molecular weight is 296 g/mol. The molecule has 0 saturated heterocycles. The van der Waals surface area contributed by atoms with E-state index in [0.29, 0.717) is 31.7 Å². The zero-order valence-electron chi connectivity index (χ0n) is 12.4. The van der Waals surface area contributed by atoms with Crippen LogP contribution in [-0.4, -0.2) is 50.1 Å². The van der Waals surface area contributed by atoms with Crippen molar-refractivity contribution in [3.05, 3.63) is 35.6 Å². The number of nitrogens with one attached hydrogen (secondary N) is 1. The van der Waals surface area contributed by atoms with Crippen molar-refractivity contribution in [3.8, 4) is 0 Å². The van der Waals surface area contributed by atoms with Gasteiger partial charge in [0.15, 0.2) is 0 Å². The Balaban J connectivity index is 2.49. The highest BCUT2D eigenvalue weighted by molar-refractivity contribution is 5.83. The molecular formula is C15H21FN2O3. The Bertz CT molecular complexity index is 480. The molecule has 21 heavy (non-hydrogen) atoms. The van der Waals surface area contributed by atoms with Crippen molar-refractivity contribution in [2.24, 2.45) is 0 Å². The summed E-state index contributed by atoms with van der Waals surface area (Å²) in [6, 6.07) is 6.41. The van der Waals surface area contributed by atoms with E-state index in [2.05, 4.69) is 5.32 Å². The number of benzene rings is 1. The van der Waals surface area contributed by atoms with Crippen LogP contribution in [0.2, 0.25) is 0 Å². The molecule has 0 saturated carbocycles. The minimum atomic E-state index is -0.300. The monoisotopic (exact) mass is 296 g/mol. The van der Waals surface area contributed by atoms with Gasteiger partial charge in [-0.1, -0.05) is 18.2 Å². The van der Waals surface area contributed by atoms with Crippen LogP contribution in [0.5, 0.6) is 0 Å². The summed E-state index contributed by atoms with van der Waals surface area (Å²) in [5.74, 6) is -0.769. The highest BCUT2D eigenvalue weighted by Gasteiger charge is 2.14. The molecule has 0 spiro atoms. The van der Waals surface area contributed by atoms with Gasteiger partial charge in [-0.15, -0.1) is 0 Å². The standard InChI is InChI=1S/C15H21FN2O3/c1-12(19)18(11-15(20)17-8-10-21-2)9-7-13-5-3-4-6-14(13)16/h3-6H,7-11H2,1-2H3,(H,17,20). The van der Waals surface area contributed by atoms with Gasteiger partial charge >= 0.3 is 0 Å². The first-order valence-electron chi connectivity index (χ1n) is 6.79. The van der Waals surface area contributed by atoms with E-state index < -0.39 is 0 Å². The molecule has 5 nitrogen and oxygen atoms in total. The molecule has 6 heteroatoms. The number of halogens is 1. The Morgan fingerprint density at radius 2 is 2.05 bits per heavy atom. The minimum Gasteiger partial charge on any atom is -0.383 e. The van der Waals surface area contributed by atoms with Crippen LogP contribution in [-0.2, 0) is 20.7 Å². The number of carbonyl (C=O) groups is 2. The maximum atomic E-state index is 13.5. The molecule has 1 rings (SSSR count). The first-order chi connectivity index (χ1) is 10.0. The smallest absolute Gasteiger partial charge is 0.239 e. The SMILES string of the molecule is COCCNC(=O)CN(CCc1ccccc1F)C(C)=O. The Kier molecular flexibility index (Phi) is 7.39. The molecule has 0 heterocycles. The first kappa shape index (κ1) is 17.1. The van der Waals surface area contributed by atoms with Gasteiger partial charge in [0.05, 0.1) is 13.2 Å². The maximum Gasteiger partial charge on any atom is 0.239 e. The van der Waals surface area contributed by atoms with Crippen molar-refractivity contribution < 1.29 is 18.7 Å². The summed E-state index contributed by atoms with van der Waals surface area (Å²) in [4.78, 5) is 24.6. The molecular weight excluding hydrogens is 275 g/mol. The molecule has 1 aromatic carbocycles. The number of carbonyl (C=O) groups excluding carboxylic acids is 2. The molecule has 0 bridgehead atoms. The molecule has 0 aliphatic carbocycles. The quantitative estimate of drug-likeness (QED) is 0.728. The molecule has 0 unspecified atom stereocenters. The molecule has 0 radical (unpaired) electrons. The minimum absolute atomic E-state index is 0.0342. The number of hydrogen-bond acceptors (Lipinski definition) is 3. The number of methoxy groups -OCH3 is 1. The van der Waals surface area contributed by atoms with Crippen LogP contribution < -0.4 is 5.32 Å². The molecule has 1 aromatic rings. The molecule has 0 aromatic heterocycles. The Morgan fingerprint density at radius 1 is 1.33 bits per heavy atom. The maximum absolute atomic E-state index is 13.5. The summed E-state index contributed by atoms with van der Waals surface area (Å²) < 4.78 is 18.3. The largest absolute Gasteiger partial charge is 0.383 e. The number of hydrogen-bond donors (Lipinski definition) is 1. The third kappa shape index (κ3) is 6.35. The van der Waals surface area contributed by atoms with Crippen molar-refractivity contribution in [3.63, 3.8) is 0 Å². The average Bonchev–Trinajstić information content (AvgIpc) is 2.45. The van der Waals surface area contributed by atoms with E-state index in [1.54, 1.807) is 25.3 Å². The van der Waals surface area contributed by atoms with Crippen molar-refractivity contribution in [1.82, 2.24) is 10.2 Å². The molecule has 1 N–H and O–H groups in total. The van der Waals surface area contributed by atoms with Gasteiger partial charge in [0.25, 0.3) is 0 Å². The van der Waals surface area contributed by atoms with Crippen LogP contribution >= 0.6 is 0 Å². The number of rotatable bonds is 8. The lowest BCUT2D eigenvalue weighted by atomic mass is 10.1. The van der Waals surface area contributed by atoms with Crippen LogP contribution in [0, 0.1) is 5.82 Å². The summed E-state index contributed by atoms with van der Waals surface area (Å²) in [6.45, 7) is 2.47. The fourth-order valence-corrected chi connectivity index (χ4v) is 1.83. The van der Waals surface area contributed by atoms with Gasteiger partial charge in [-0.3, -0.25) is 9.59 Å². The lowest BCUT2D eigenvalue weighted by Crippen LogP contribution is -2.41. The zero-order chi connectivity index (χ0) is 15.7. The first-order valence-corrected chi connectivity index (χ1v) is 6.79. The lowest BCUT2D eigenvalue weighted by molar-refractivity contribution is -0.134. The third-order valence-corrected chi connectivity index (χ3v) is 3.02. The van der Waals surface area contributed by atoms with Crippen LogP contribution in [0.4, 0.5) is 4.39 Å². The Morgan fingerprint density at radius 3 is 2.67 bits per heavy atom. The topological polar surface area (TPSA) is 58.6 Å². The van der Waals surface area contributed by atoms with E-state index in [1.165, 1.54) is 17.9 Å². The summed E-state index contributed by atoms with van der Waals surface area (Å²) in [6.07, 6.45) is 0.373. The molecule has 0 aliphatic heterocycles. The van der Waals surface area contributed by atoms with E-state index >= 15 is 0 Å². The van der Waals surface area contributed by atoms with Gasteiger partial charge in [-0.25, -0.2) is 4.39 Å². The molecule has 116 valence electrons. The Hall–Kier alpha value is -1.95. The summed E-state index contributed by atoms with van der Waals surface area (Å²) in [5, 5.41) is 2.65. The van der Waals surface area contributed by atoms with Crippen molar-refractivity contribution in [1.29, 1.82) is 0 Å². The number of nitrogens with zero attached hydrogens (tertiary/aromatic N) is 1. The van der Waals surface area contributed by atoms with Crippen molar-refractivity contribution >= 4 is 11.8 Å². The van der Waals surface area contributed by atoms with Gasteiger partial charge in [0, 0.05) is 27.1 Å². The van der Waals surface area contributed by atoms with Crippen LogP contribution in [0.3, 0.4) is 0 Å². The summed E-state index contributed by atoms with van der Waals surface area (Å²) in [7, 11) is 1.54. The molecule has 0 aliphatic rings. The fourth-order valence-electron chi connectivity index (χ4n) is 1.83. The normalized spacial score (nSPS) is 10.2. The van der Waals surface area contributed by atoms with E-state index in [0.717, 1.165) is 0 Å². The van der Waals surface area contributed by atoms with E-state index in [-0.39, 0.29) is 24.2 Å². The van der Waals surface area contributed by atoms with Gasteiger partial charge in [-0.05, 0) is 18.1 Å². The van der Waals surface area contributed by atoms with E-state index in [9.17, 15) is 14.0 Å². The predicted octanol–water partition coefficient (Wildman–Crippen LogP) is 0.979.